The van der Waals surface area contributed by atoms with Crippen LogP contribution in [0.3, 0.4) is 0 Å². The summed E-state index contributed by atoms with van der Waals surface area (Å²) in [6.45, 7) is 1.25. The van der Waals surface area contributed by atoms with Crippen molar-refractivity contribution in [3.63, 3.8) is 0 Å². The molecule has 70 valence electrons. The summed E-state index contributed by atoms with van der Waals surface area (Å²) in [5.41, 5.74) is 13.4. The molecule has 0 amide bonds. The van der Waals surface area contributed by atoms with Crippen molar-refractivity contribution in [1.82, 2.24) is 0 Å². The fourth-order valence-electron chi connectivity index (χ4n) is 1.39. The minimum atomic E-state index is -0.300. The van der Waals surface area contributed by atoms with Gasteiger partial charge in [-0.3, -0.25) is 0 Å². The molecule has 1 aromatic rings. The summed E-state index contributed by atoms with van der Waals surface area (Å²) in [4.78, 5) is 0. The Hall–Kier alpha value is -1.26. The van der Waals surface area contributed by atoms with Gasteiger partial charge >= 0.3 is 0 Å². The smallest absolute Gasteiger partial charge is 0.184 e. The molecule has 0 aliphatic carbocycles. The third kappa shape index (κ3) is 1.74. The molecule has 1 aliphatic heterocycles. The zero-order chi connectivity index (χ0) is 9.26. The maximum Gasteiger partial charge on any atom is 0.184 e. The summed E-state index contributed by atoms with van der Waals surface area (Å²) in [5.74, 6) is 0. The van der Waals surface area contributed by atoms with E-state index >= 15 is 0 Å². The fourth-order valence-corrected chi connectivity index (χ4v) is 1.39. The van der Waals surface area contributed by atoms with Crippen molar-refractivity contribution in [2.45, 2.75) is 6.29 Å². The molecule has 2 rings (SSSR count). The summed E-state index contributed by atoms with van der Waals surface area (Å²) in [6, 6.07) is 5.33. The van der Waals surface area contributed by atoms with E-state index in [9.17, 15) is 0 Å². The van der Waals surface area contributed by atoms with E-state index in [1.165, 1.54) is 0 Å². The number of hydrogen-bond acceptors (Lipinski definition) is 4. The number of ether oxygens (including phenoxy) is 2. The topological polar surface area (TPSA) is 70.5 Å². The molecule has 0 atom stereocenters. The highest BCUT2D eigenvalue weighted by molar-refractivity contribution is 5.54. The number of nitrogens with two attached hydrogens (primary N) is 2. The number of nitrogen functional groups attached to an aromatic ring is 2. The lowest BCUT2D eigenvalue weighted by Crippen LogP contribution is -2.00. The van der Waals surface area contributed by atoms with Crippen molar-refractivity contribution in [2.24, 2.45) is 0 Å². The van der Waals surface area contributed by atoms with Crippen LogP contribution in [0, 0.1) is 0 Å². The van der Waals surface area contributed by atoms with Gasteiger partial charge in [0.2, 0.25) is 0 Å². The zero-order valence-corrected chi connectivity index (χ0v) is 7.19. The molecular formula is C9H12N2O2. The van der Waals surface area contributed by atoms with E-state index in [0.29, 0.717) is 24.6 Å². The van der Waals surface area contributed by atoms with Crippen LogP contribution in [0.1, 0.15) is 11.9 Å². The van der Waals surface area contributed by atoms with Gasteiger partial charge in [-0.05, 0) is 18.2 Å². The van der Waals surface area contributed by atoms with E-state index in [1.807, 2.05) is 12.1 Å². The predicted molar refractivity (Wildman–Crippen MR) is 49.9 cm³/mol. The molecule has 1 heterocycles. The molecule has 4 N–H and O–H groups in total. The first-order valence-electron chi connectivity index (χ1n) is 4.15. The quantitative estimate of drug-likeness (QED) is 0.630. The van der Waals surface area contributed by atoms with Crippen molar-refractivity contribution >= 4 is 11.4 Å². The highest BCUT2D eigenvalue weighted by Crippen LogP contribution is 2.26. The van der Waals surface area contributed by atoms with Gasteiger partial charge in [0.25, 0.3) is 0 Å². The monoisotopic (exact) mass is 180 g/mol. The average Bonchev–Trinajstić information content (AvgIpc) is 2.53. The second kappa shape index (κ2) is 3.24. The summed E-state index contributed by atoms with van der Waals surface area (Å²) in [5, 5.41) is 0. The van der Waals surface area contributed by atoms with Crippen LogP contribution < -0.4 is 11.5 Å². The molecular weight excluding hydrogens is 168 g/mol. The maximum absolute atomic E-state index is 5.64. The molecule has 4 heteroatoms. The first-order valence-corrected chi connectivity index (χ1v) is 4.15. The molecule has 1 saturated heterocycles. The van der Waals surface area contributed by atoms with Crippen LogP contribution >= 0.6 is 0 Å². The van der Waals surface area contributed by atoms with Gasteiger partial charge in [0.05, 0.1) is 13.2 Å². The molecule has 1 aliphatic rings. The SMILES string of the molecule is Nc1cc(N)cc(C2OCCO2)c1. The Morgan fingerprint density at radius 2 is 1.54 bits per heavy atom. The molecule has 0 aromatic heterocycles. The van der Waals surface area contributed by atoms with Crippen LogP contribution in [0.25, 0.3) is 0 Å². The highest BCUT2D eigenvalue weighted by Gasteiger charge is 2.18. The largest absolute Gasteiger partial charge is 0.399 e. The van der Waals surface area contributed by atoms with Crippen LogP contribution in [0.5, 0.6) is 0 Å². The molecule has 0 bridgehead atoms. The fraction of sp³-hybridized carbons (Fsp3) is 0.333. The van der Waals surface area contributed by atoms with Gasteiger partial charge in [0, 0.05) is 16.9 Å². The van der Waals surface area contributed by atoms with E-state index in [2.05, 4.69) is 0 Å². The number of anilines is 2. The minimum Gasteiger partial charge on any atom is -0.399 e. The van der Waals surface area contributed by atoms with Crippen LogP contribution in [-0.2, 0) is 9.47 Å². The van der Waals surface area contributed by atoms with Crippen LogP contribution in [0.4, 0.5) is 11.4 Å². The zero-order valence-electron chi connectivity index (χ0n) is 7.19. The normalized spacial score (nSPS) is 17.8. The van der Waals surface area contributed by atoms with Crippen molar-refractivity contribution in [3.05, 3.63) is 23.8 Å². The molecule has 4 nitrogen and oxygen atoms in total. The Morgan fingerprint density at radius 3 is 2.08 bits per heavy atom. The third-order valence-electron chi connectivity index (χ3n) is 1.89. The van der Waals surface area contributed by atoms with Crippen molar-refractivity contribution in [2.75, 3.05) is 24.7 Å². The first-order chi connectivity index (χ1) is 6.25. The van der Waals surface area contributed by atoms with Crippen molar-refractivity contribution in [1.29, 1.82) is 0 Å². The summed E-state index contributed by atoms with van der Waals surface area (Å²) in [6.07, 6.45) is -0.300. The van der Waals surface area contributed by atoms with Gasteiger partial charge in [0.1, 0.15) is 0 Å². The Balaban J connectivity index is 2.28. The third-order valence-corrected chi connectivity index (χ3v) is 1.89. The van der Waals surface area contributed by atoms with Crippen LogP contribution in [0.2, 0.25) is 0 Å². The summed E-state index contributed by atoms with van der Waals surface area (Å²) in [7, 11) is 0. The molecule has 1 aromatic carbocycles. The van der Waals surface area contributed by atoms with Crippen LogP contribution in [-0.4, -0.2) is 13.2 Å². The van der Waals surface area contributed by atoms with E-state index in [-0.39, 0.29) is 6.29 Å². The second-order valence-corrected chi connectivity index (χ2v) is 3.01. The standard InChI is InChI=1S/C9H12N2O2/c10-7-3-6(4-8(11)5-7)9-12-1-2-13-9/h3-5,9H,1-2,10-11H2. The van der Waals surface area contributed by atoms with E-state index < -0.39 is 0 Å². The number of benzene rings is 1. The lowest BCUT2D eigenvalue weighted by molar-refractivity contribution is -0.0440. The first kappa shape index (κ1) is 8.34. The lowest BCUT2D eigenvalue weighted by atomic mass is 10.1. The van der Waals surface area contributed by atoms with Crippen LogP contribution in [0.15, 0.2) is 18.2 Å². The van der Waals surface area contributed by atoms with Gasteiger partial charge in [-0.2, -0.15) is 0 Å². The van der Waals surface area contributed by atoms with E-state index in [0.717, 1.165) is 5.56 Å². The predicted octanol–water partition coefficient (Wildman–Crippen LogP) is 0.896. The number of hydrogen-bond donors (Lipinski definition) is 2. The molecule has 13 heavy (non-hydrogen) atoms. The number of rotatable bonds is 1. The Morgan fingerprint density at radius 1 is 1.00 bits per heavy atom. The highest BCUT2D eigenvalue weighted by atomic mass is 16.7. The van der Waals surface area contributed by atoms with Gasteiger partial charge < -0.3 is 20.9 Å². The Bertz CT molecular complexity index is 288. The van der Waals surface area contributed by atoms with Crippen molar-refractivity contribution in [3.8, 4) is 0 Å². The summed E-state index contributed by atoms with van der Waals surface area (Å²) >= 11 is 0. The Kier molecular flexibility index (Phi) is 2.08. The molecule has 0 radical (unpaired) electrons. The van der Waals surface area contributed by atoms with Gasteiger partial charge in [-0.25, -0.2) is 0 Å². The molecule has 0 unspecified atom stereocenters. The second-order valence-electron chi connectivity index (χ2n) is 3.01. The van der Waals surface area contributed by atoms with Gasteiger partial charge in [-0.1, -0.05) is 0 Å². The van der Waals surface area contributed by atoms with E-state index in [1.54, 1.807) is 6.07 Å². The Labute approximate surface area is 76.4 Å². The summed E-state index contributed by atoms with van der Waals surface area (Å²) < 4.78 is 10.6. The minimum absolute atomic E-state index is 0.300. The molecule has 0 spiro atoms. The molecule has 0 saturated carbocycles. The lowest BCUT2D eigenvalue weighted by Gasteiger charge is -2.10. The van der Waals surface area contributed by atoms with Crippen molar-refractivity contribution < 1.29 is 9.47 Å². The average molecular weight is 180 g/mol. The van der Waals surface area contributed by atoms with E-state index in [4.69, 9.17) is 20.9 Å². The van der Waals surface area contributed by atoms with Gasteiger partial charge in [0.15, 0.2) is 6.29 Å². The molecule has 1 fully saturated rings. The maximum atomic E-state index is 5.64. The van der Waals surface area contributed by atoms with Gasteiger partial charge in [-0.15, -0.1) is 0 Å².